The predicted octanol–water partition coefficient (Wildman–Crippen LogP) is 5.46. The highest BCUT2D eigenvalue weighted by molar-refractivity contribution is 6.02. The van der Waals surface area contributed by atoms with Gasteiger partial charge in [-0.1, -0.05) is 17.7 Å². The molecule has 0 atom stereocenters. The number of methoxy groups -OCH3 is 2. The van der Waals surface area contributed by atoms with E-state index in [9.17, 15) is 4.79 Å². The Balaban J connectivity index is 1.62. The summed E-state index contributed by atoms with van der Waals surface area (Å²) in [6.45, 7) is 2.03. The lowest BCUT2D eigenvalue weighted by atomic mass is 10.1. The Morgan fingerprint density at radius 1 is 0.828 bits per heavy atom. The molecule has 0 bridgehead atoms. The Morgan fingerprint density at radius 3 is 2.07 bits per heavy atom. The van der Waals surface area contributed by atoms with Gasteiger partial charge in [-0.3, -0.25) is 4.79 Å². The normalized spacial score (nSPS) is 10.6. The maximum Gasteiger partial charge on any atom is 0.248 e. The highest BCUT2D eigenvalue weighted by atomic mass is 16.5. The number of aryl methyl sites for hydroxylation is 1. The number of nitrogens with one attached hydrogen (secondary N) is 1. The van der Waals surface area contributed by atoms with E-state index in [0.717, 1.165) is 11.3 Å². The van der Waals surface area contributed by atoms with Gasteiger partial charge in [0.25, 0.3) is 0 Å². The first kappa shape index (κ1) is 20.0. The molecule has 3 rings (SSSR count). The van der Waals surface area contributed by atoms with Crippen molar-refractivity contribution >= 4 is 17.7 Å². The van der Waals surface area contributed by atoms with E-state index in [4.69, 9.17) is 14.2 Å². The fourth-order valence-corrected chi connectivity index (χ4v) is 2.67. The molecule has 0 aromatic heterocycles. The summed E-state index contributed by atoms with van der Waals surface area (Å²) in [4.78, 5) is 12.2. The minimum absolute atomic E-state index is 0.248. The van der Waals surface area contributed by atoms with Crippen LogP contribution in [0.3, 0.4) is 0 Å². The van der Waals surface area contributed by atoms with Crippen molar-refractivity contribution in [1.29, 1.82) is 0 Å². The maximum atomic E-state index is 12.2. The second kappa shape index (κ2) is 9.46. The van der Waals surface area contributed by atoms with E-state index in [2.05, 4.69) is 5.32 Å². The van der Waals surface area contributed by atoms with Crippen molar-refractivity contribution in [2.75, 3.05) is 19.5 Å². The van der Waals surface area contributed by atoms with Gasteiger partial charge in [0, 0.05) is 17.3 Å². The third-order valence-electron chi connectivity index (χ3n) is 4.23. The summed E-state index contributed by atoms with van der Waals surface area (Å²) in [5, 5.41) is 2.82. The zero-order valence-electron chi connectivity index (χ0n) is 16.6. The molecule has 5 nitrogen and oxygen atoms in total. The van der Waals surface area contributed by atoms with Gasteiger partial charge >= 0.3 is 0 Å². The largest absolute Gasteiger partial charge is 0.497 e. The fraction of sp³-hybridized carbons (Fsp3) is 0.125. The number of carbonyl (C=O) groups excluding carboxylic acids is 1. The molecule has 29 heavy (non-hydrogen) atoms. The zero-order valence-corrected chi connectivity index (χ0v) is 16.6. The third kappa shape index (κ3) is 5.62. The summed E-state index contributed by atoms with van der Waals surface area (Å²) in [5.74, 6) is 2.57. The molecule has 148 valence electrons. The molecule has 0 aliphatic rings. The third-order valence-corrected chi connectivity index (χ3v) is 4.23. The highest BCUT2D eigenvalue weighted by Gasteiger charge is 2.04. The van der Waals surface area contributed by atoms with E-state index in [1.165, 1.54) is 11.6 Å². The lowest BCUT2D eigenvalue weighted by Gasteiger charge is -2.08. The van der Waals surface area contributed by atoms with Gasteiger partial charge < -0.3 is 19.5 Å². The number of hydrogen-bond acceptors (Lipinski definition) is 4. The number of benzene rings is 3. The number of amides is 1. The van der Waals surface area contributed by atoms with E-state index < -0.39 is 0 Å². The van der Waals surface area contributed by atoms with Gasteiger partial charge in [-0.25, -0.2) is 0 Å². The van der Waals surface area contributed by atoms with Crippen LogP contribution in [0.15, 0.2) is 72.8 Å². The van der Waals surface area contributed by atoms with Crippen LogP contribution in [-0.4, -0.2) is 20.1 Å². The van der Waals surface area contributed by atoms with Crippen molar-refractivity contribution in [2.45, 2.75) is 6.92 Å². The van der Waals surface area contributed by atoms with Crippen LogP contribution in [0.1, 0.15) is 11.1 Å². The Bertz CT molecular complexity index is 992. The van der Waals surface area contributed by atoms with Crippen molar-refractivity contribution in [1.82, 2.24) is 0 Å². The van der Waals surface area contributed by atoms with Crippen LogP contribution in [-0.2, 0) is 4.79 Å². The van der Waals surface area contributed by atoms with Crippen LogP contribution in [0.2, 0.25) is 0 Å². The molecule has 0 heterocycles. The Morgan fingerprint density at radius 2 is 1.45 bits per heavy atom. The number of hydrogen-bond donors (Lipinski definition) is 1. The molecule has 3 aromatic rings. The van der Waals surface area contributed by atoms with Crippen LogP contribution >= 0.6 is 0 Å². The molecule has 0 saturated carbocycles. The lowest BCUT2D eigenvalue weighted by Crippen LogP contribution is -2.07. The molecule has 3 aromatic carbocycles. The molecular formula is C24H23NO4. The van der Waals surface area contributed by atoms with Crippen molar-refractivity contribution in [3.8, 4) is 23.0 Å². The number of anilines is 1. The van der Waals surface area contributed by atoms with E-state index in [0.29, 0.717) is 22.9 Å². The molecule has 0 saturated heterocycles. The predicted molar refractivity (Wildman–Crippen MR) is 115 cm³/mol. The summed E-state index contributed by atoms with van der Waals surface area (Å²) < 4.78 is 16.3. The molecule has 0 radical (unpaired) electrons. The summed E-state index contributed by atoms with van der Waals surface area (Å²) >= 11 is 0. The van der Waals surface area contributed by atoms with Gasteiger partial charge in [0.2, 0.25) is 5.91 Å². The topological polar surface area (TPSA) is 56.8 Å². The second-order valence-corrected chi connectivity index (χ2v) is 6.37. The van der Waals surface area contributed by atoms with E-state index in [-0.39, 0.29) is 5.91 Å². The molecule has 0 unspecified atom stereocenters. The SMILES string of the molecule is COc1ccc(OC)c(/C=C/C(=O)Nc2ccc(Oc3ccc(C)cc3)cc2)c1. The average molecular weight is 389 g/mol. The fourth-order valence-electron chi connectivity index (χ4n) is 2.67. The summed E-state index contributed by atoms with van der Waals surface area (Å²) in [7, 11) is 3.17. The van der Waals surface area contributed by atoms with Crippen LogP contribution in [0.4, 0.5) is 5.69 Å². The zero-order chi connectivity index (χ0) is 20.6. The number of carbonyl (C=O) groups is 1. The summed E-state index contributed by atoms with van der Waals surface area (Å²) in [6.07, 6.45) is 3.14. The van der Waals surface area contributed by atoms with Gasteiger partial charge in [0.15, 0.2) is 0 Å². The van der Waals surface area contributed by atoms with Gasteiger partial charge in [0.1, 0.15) is 23.0 Å². The maximum absolute atomic E-state index is 12.2. The van der Waals surface area contributed by atoms with Crippen molar-refractivity contribution < 1.29 is 19.0 Å². The minimum Gasteiger partial charge on any atom is -0.497 e. The van der Waals surface area contributed by atoms with E-state index in [1.54, 1.807) is 50.6 Å². The molecule has 0 aliphatic carbocycles. The van der Waals surface area contributed by atoms with Crippen molar-refractivity contribution in [2.24, 2.45) is 0 Å². The number of ether oxygens (including phenoxy) is 3. The number of rotatable bonds is 7. The van der Waals surface area contributed by atoms with E-state index >= 15 is 0 Å². The molecular weight excluding hydrogens is 366 g/mol. The second-order valence-electron chi connectivity index (χ2n) is 6.37. The quantitative estimate of drug-likeness (QED) is 0.546. The highest BCUT2D eigenvalue weighted by Crippen LogP contribution is 2.26. The summed E-state index contributed by atoms with van der Waals surface area (Å²) in [6, 6.07) is 20.4. The molecule has 0 spiro atoms. The van der Waals surface area contributed by atoms with E-state index in [1.807, 2.05) is 43.3 Å². The van der Waals surface area contributed by atoms with Crippen LogP contribution in [0, 0.1) is 6.92 Å². The van der Waals surface area contributed by atoms with Crippen molar-refractivity contribution in [3.63, 3.8) is 0 Å². The molecule has 1 N–H and O–H groups in total. The van der Waals surface area contributed by atoms with Gasteiger partial charge in [-0.05, 0) is 67.6 Å². The van der Waals surface area contributed by atoms with Crippen LogP contribution in [0.25, 0.3) is 6.08 Å². The van der Waals surface area contributed by atoms with Gasteiger partial charge in [-0.2, -0.15) is 0 Å². The lowest BCUT2D eigenvalue weighted by molar-refractivity contribution is -0.111. The molecule has 5 heteroatoms. The standard InChI is InChI=1S/C24H23NO4/c1-17-4-9-20(10-5-17)29-21-11-7-19(8-12-21)25-24(26)15-6-18-16-22(27-2)13-14-23(18)28-3/h4-16H,1-3H3,(H,25,26)/b15-6+. The molecule has 0 aliphatic heterocycles. The first-order valence-corrected chi connectivity index (χ1v) is 9.13. The van der Waals surface area contributed by atoms with Crippen molar-refractivity contribution in [3.05, 3.63) is 83.9 Å². The summed E-state index contributed by atoms with van der Waals surface area (Å²) in [5.41, 5.74) is 2.60. The smallest absolute Gasteiger partial charge is 0.248 e. The van der Waals surface area contributed by atoms with Gasteiger partial charge in [-0.15, -0.1) is 0 Å². The monoisotopic (exact) mass is 389 g/mol. The Hall–Kier alpha value is -3.73. The first-order chi connectivity index (χ1) is 14.1. The Labute approximate surface area is 170 Å². The molecule has 0 fully saturated rings. The van der Waals surface area contributed by atoms with Crippen LogP contribution < -0.4 is 19.5 Å². The molecule has 1 amide bonds. The van der Waals surface area contributed by atoms with Gasteiger partial charge in [0.05, 0.1) is 14.2 Å². The van der Waals surface area contributed by atoms with Crippen LogP contribution in [0.5, 0.6) is 23.0 Å². The Kier molecular flexibility index (Phi) is 6.53. The first-order valence-electron chi connectivity index (χ1n) is 9.13. The average Bonchev–Trinajstić information content (AvgIpc) is 2.75. The minimum atomic E-state index is -0.248.